The number of rotatable bonds is 3. The van der Waals surface area contributed by atoms with Crippen LogP contribution in [0.3, 0.4) is 0 Å². The van der Waals surface area contributed by atoms with Crippen molar-refractivity contribution in [3.05, 3.63) is 70.3 Å². The summed E-state index contributed by atoms with van der Waals surface area (Å²) in [4.78, 5) is 32.5. The molecule has 2 heterocycles. The summed E-state index contributed by atoms with van der Waals surface area (Å²) in [5, 5.41) is 0. The van der Waals surface area contributed by atoms with Crippen LogP contribution in [0.1, 0.15) is 63.1 Å². The van der Waals surface area contributed by atoms with Gasteiger partial charge in [0.25, 0.3) is 11.8 Å². The largest absolute Gasteiger partial charge is 0.336 e. The van der Waals surface area contributed by atoms with Crippen molar-refractivity contribution < 1.29 is 9.59 Å². The predicted molar refractivity (Wildman–Crippen MR) is 126 cm³/mol. The number of benzene rings is 2. The lowest BCUT2D eigenvalue weighted by atomic mass is 9.96. The molecule has 0 N–H and O–H groups in total. The Bertz CT molecular complexity index is 986. The number of aryl methyl sites for hydroxylation is 1. The summed E-state index contributed by atoms with van der Waals surface area (Å²) < 4.78 is 0. The van der Waals surface area contributed by atoms with E-state index in [1.54, 1.807) is 0 Å². The zero-order valence-corrected chi connectivity index (χ0v) is 19.1. The molecule has 2 amide bonds. The van der Waals surface area contributed by atoms with Crippen LogP contribution in [0, 0.1) is 6.92 Å². The maximum absolute atomic E-state index is 13.1. The van der Waals surface area contributed by atoms with Gasteiger partial charge in [0.2, 0.25) is 0 Å². The van der Waals surface area contributed by atoms with Gasteiger partial charge >= 0.3 is 0 Å². The molecular formula is C27H33N3O2. The third-order valence-electron chi connectivity index (χ3n) is 7.49. The first-order valence-corrected chi connectivity index (χ1v) is 12.1. The molecule has 2 aromatic carbocycles. The van der Waals surface area contributed by atoms with Gasteiger partial charge in [0, 0.05) is 56.4 Å². The van der Waals surface area contributed by atoms with Crippen molar-refractivity contribution in [1.82, 2.24) is 14.7 Å². The summed E-state index contributed by atoms with van der Waals surface area (Å²) in [6, 6.07) is 14.6. The van der Waals surface area contributed by atoms with E-state index in [1.165, 1.54) is 31.2 Å². The molecule has 2 aromatic rings. The van der Waals surface area contributed by atoms with E-state index in [0.29, 0.717) is 13.1 Å². The van der Waals surface area contributed by atoms with Gasteiger partial charge in [-0.3, -0.25) is 14.5 Å². The van der Waals surface area contributed by atoms with Crippen LogP contribution in [0.5, 0.6) is 0 Å². The molecule has 0 aromatic heterocycles. The first-order chi connectivity index (χ1) is 15.6. The van der Waals surface area contributed by atoms with Crippen LogP contribution in [-0.4, -0.2) is 65.3 Å². The second-order valence-corrected chi connectivity index (χ2v) is 9.59. The van der Waals surface area contributed by atoms with Crippen molar-refractivity contribution in [3.8, 4) is 0 Å². The minimum Gasteiger partial charge on any atom is -0.336 e. The van der Waals surface area contributed by atoms with E-state index >= 15 is 0 Å². The van der Waals surface area contributed by atoms with E-state index in [9.17, 15) is 9.59 Å². The molecule has 1 saturated carbocycles. The van der Waals surface area contributed by atoms with E-state index < -0.39 is 0 Å². The first-order valence-electron chi connectivity index (χ1n) is 12.1. The first kappa shape index (κ1) is 21.2. The standard InChI is InChI=1S/C27H33N3O2/c1-20-6-8-21(9-7-20)26(31)30-13-12-22-18-23(10-11-24(22)19-30)27(32)29-16-14-28(15-17-29)25-4-2-3-5-25/h6-11,18,25H,2-5,12-17,19H2,1H3. The normalized spacial score (nSPS) is 19.8. The Kier molecular flexibility index (Phi) is 6.01. The van der Waals surface area contributed by atoms with E-state index in [-0.39, 0.29) is 11.8 Å². The number of carbonyl (C=O) groups excluding carboxylic acids is 2. The van der Waals surface area contributed by atoms with E-state index in [1.807, 2.05) is 53.1 Å². The molecule has 5 heteroatoms. The van der Waals surface area contributed by atoms with Crippen molar-refractivity contribution in [2.24, 2.45) is 0 Å². The van der Waals surface area contributed by atoms with Gasteiger partial charge in [0.05, 0.1) is 0 Å². The lowest BCUT2D eigenvalue weighted by Gasteiger charge is -2.38. The van der Waals surface area contributed by atoms with Gasteiger partial charge in [-0.05, 0) is 61.6 Å². The summed E-state index contributed by atoms with van der Waals surface area (Å²) in [5.41, 5.74) is 5.04. The second-order valence-electron chi connectivity index (χ2n) is 9.59. The Morgan fingerprint density at radius 2 is 1.41 bits per heavy atom. The van der Waals surface area contributed by atoms with E-state index in [2.05, 4.69) is 11.0 Å². The molecule has 32 heavy (non-hydrogen) atoms. The summed E-state index contributed by atoms with van der Waals surface area (Å²) in [6.45, 7) is 6.97. The Balaban J connectivity index is 1.21. The zero-order valence-electron chi connectivity index (χ0n) is 19.1. The summed E-state index contributed by atoms with van der Waals surface area (Å²) in [5.74, 6) is 0.230. The van der Waals surface area contributed by atoms with Gasteiger partial charge in [-0.25, -0.2) is 0 Å². The van der Waals surface area contributed by atoms with Crippen molar-refractivity contribution >= 4 is 11.8 Å². The molecule has 5 nitrogen and oxygen atoms in total. The molecule has 1 aliphatic carbocycles. The fraction of sp³-hybridized carbons (Fsp3) is 0.481. The molecule has 2 fully saturated rings. The molecule has 0 radical (unpaired) electrons. The molecule has 1 saturated heterocycles. The van der Waals surface area contributed by atoms with Gasteiger partial charge in [0.15, 0.2) is 0 Å². The van der Waals surface area contributed by atoms with Gasteiger partial charge in [-0.2, -0.15) is 0 Å². The highest BCUT2D eigenvalue weighted by atomic mass is 16.2. The highest BCUT2D eigenvalue weighted by Crippen LogP contribution is 2.26. The highest BCUT2D eigenvalue weighted by molar-refractivity contribution is 5.95. The number of nitrogens with zero attached hydrogens (tertiary/aromatic N) is 3. The Morgan fingerprint density at radius 3 is 2.12 bits per heavy atom. The van der Waals surface area contributed by atoms with Gasteiger partial charge in [-0.15, -0.1) is 0 Å². The molecule has 3 aliphatic rings. The fourth-order valence-electron chi connectivity index (χ4n) is 5.48. The molecule has 168 valence electrons. The minimum absolute atomic E-state index is 0.0796. The number of hydrogen-bond acceptors (Lipinski definition) is 3. The maximum Gasteiger partial charge on any atom is 0.254 e. The van der Waals surface area contributed by atoms with Crippen LogP contribution in [0.4, 0.5) is 0 Å². The highest BCUT2D eigenvalue weighted by Gasteiger charge is 2.29. The predicted octanol–water partition coefficient (Wildman–Crippen LogP) is 3.89. The van der Waals surface area contributed by atoms with E-state index in [0.717, 1.165) is 60.9 Å². The second kappa shape index (κ2) is 9.07. The quantitative estimate of drug-likeness (QED) is 0.741. The van der Waals surface area contributed by atoms with Crippen molar-refractivity contribution in [3.63, 3.8) is 0 Å². The van der Waals surface area contributed by atoms with Crippen LogP contribution in [0.25, 0.3) is 0 Å². The number of hydrogen-bond donors (Lipinski definition) is 0. The SMILES string of the molecule is Cc1ccc(C(=O)N2CCc3cc(C(=O)N4CCN(C5CCCC5)CC4)ccc3C2)cc1. The van der Waals surface area contributed by atoms with Crippen molar-refractivity contribution in [1.29, 1.82) is 0 Å². The number of fused-ring (bicyclic) bond motifs is 1. The number of amides is 2. The Morgan fingerprint density at radius 1 is 0.750 bits per heavy atom. The molecule has 0 bridgehead atoms. The smallest absolute Gasteiger partial charge is 0.254 e. The molecule has 0 unspecified atom stereocenters. The van der Waals surface area contributed by atoms with Crippen LogP contribution >= 0.6 is 0 Å². The van der Waals surface area contributed by atoms with Gasteiger partial charge < -0.3 is 9.80 Å². The molecular weight excluding hydrogens is 398 g/mol. The lowest BCUT2D eigenvalue weighted by Crippen LogP contribution is -2.51. The topological polar surface area (TPSA) is 43.9 Å². The molecule has 2 aliphatic heterocycles. The molecule has 0 atom stereocenters. The number of piperazine rings is 1. The van der Waals surface area contributed by atoms with Crippen molar-refractivity contribution in [2.75, 3.05) is 32.7 Å². The van der Waals surface area contributed by atoms with E-state index in [4.69, 9.17) is 0 Å². The summed E-state index contributed by atoms with van der Waals surface area (Å²) in [6.07, 6.45) is 6.15. The van der Waals surface area contributed by atoms with Crippen LogP contribution < -0.4 is 0 Å². The molecule has 0 spiro atoms. The zero-order chi connectivity index (χ0) is 22.1. The third kappa shape index (κ3) is 4.31. The third-order valence-corrected chi connectivity index (χ3v) is 7.49. The van der Waals surface area contributed by atoms with Crippen LogP contribution in [0.2, 0.25) is 0 Å². The lowest BCUT2D eigenvalue weighted by molar-refractivity contribution is 0.0572. The summed E-state index contributed by atoms with van der Waals surface area (Å²) in [7, 11) is 0. The van der Waals surface area contributed by atoms with Crippen molar-refractivity contribution in [2.45, 2.75) is 51.6 Å². The van der Waals surface area contributed by atoms with Crippen LogP contribution in [0.15, 0.2) is 42.5 Å². The minimum atomic E-state index is 0.0796. The average Bonchev–Trinajstić information content (AvgIpc) is 3.38. The van der Waals surface area contributed by atoms with Crippen LogP contribution in [-0.2, 0) is 13.0 Å². The average molecular weight is 432 g/mol. The molecule has 5 rings (SSSR count). The number of carbonyl (C=O) groups is 2. The van der Waals surface area contributed by atoms with Gasteiger partial charge in [-0.1, -0.05) is 36.6 Å². The maximum atomic E-state index is 13.1. The Hall–Kier alpha value is -2.66. The monoisotopic (exact) mass is 431 g/mol. The van der Waals surface area contributed by atoms with Gasteiger partial charge in [0.1, 0.15) is 0 Å². The Labute approximate surface area is 191 Å². The fourth-order valence-corrected chi connectivity index (χ4v) is 5.48. The summed E-state index contributed by atoms with van der Waals surface area (Å²) >= 11 is 0.